The van der Waals surface area contributed by atoms with Crippen molar-refractivity contribution in [1.29, 1.82) is 0 Å². The van der Waals surface area contributed by atoms with Crippen LogP contribution in [0.2, 0.25) is 10.0 Å². The number of aromatic nitrogens is 2. The number of carbonyl (C=O) groups is 1. The fourth-order valence-corrected chi connectivity index (χ4v) is 2.30. The summed E-state index contributed by atoms with van der Waals surface area (Å²) in [4.78, 5) is 11.2. The first-order valence-corrected chi connectivity index (χ1v) is 7.07. The topological polar surface area (TPSA) is 64.4 Å². The van der Waals surface area contributed by atoms with Crippen LogP contribution in [0.15, 0.2) is 18.2 Å². The number of carboxylic acids is 1. The number of aryl methyl sites for hydroxylation is 2. The van der Waals surface area contributed by atoms with Crippen LogP contribution in [0.1, 0.15) is 28.7 Å². The van der Waals surface area contributed by atoms with E-state index in [2.05, 4.69) is 5.10 Å². The number of ether oxygens (including phenoxy) is 1. The summed E-state index contributed by atoms with van der Waals surface area (Å²) in [6.07, 6.45) is 0. The quantitative estimate of drug-likeness (QED) is 0.906. The van der Waals surface area contributed by atoms with Crippen molar-refractivity contribution >= 4 is 29.2 Å². The van der Waals surface area contributed by atoms with Gasteiger partial charge in [0.05, 0.1) is 16.4 Å². The molecule has 0 atom stereocenters. The minimum atomic E-state index is -1.08. The molecule has 7 heteroatoms. The highest BCUT2D eigenvalue weighted by Gasteiger charge is 2.16. The molecule has 0 radical (unpaired) electrons. The van der Waals surface area contributed by atoms with Gasteiger partial charge in [0.25, 0.3) is 0 Å². The van der Waals surface area contributed by atoms with Crippen molar-refractivity contribution in [3.05, 3.63) is 45.2 Å². The Morgan fingerprint density at radius 3 is 2.76 bits per heavy atom. The molecule has 0 aliphatic rings. The van der Waals surface area contributed by atoms with E-state index in [1.54, 1.807) is 11.6 Å². The average molecular weight is 329 g/mol. The van der Waals surface area contributed by atoms with Crippen molar-refractivity contribution in [2.75, 3.05) is 0 Å². The second-order valence-corrected chi connectivity index (χ2v) is 5.21. The molecule has 1 heterocycles. The maximum absolute atomic E-state index is 11.2. The molecule has 0 unspecified atom stereocenters. The zero-order chi connectivity index (χ0) is 15.6. The highest BCUT2D eigenvalue weighted by Crippen LogP contribution is 2.26. The minimum absolute atomic E-state index is 0.0507. The number of halogens is 2. The van der Waals surface area contributed by atoms with E-state index in [9.17, 15) is 4.79 Å². The molecule has 0 amide bonds. The van der Waals surface area contributed by atoms with Crippen LogP contribution in [0.4, 0.5) is 0 Å². The van der Waals surface area contributed by atoms with Gasteiger partial charge in [-0.3, -0.25) is 4.68 Å². The summed E-state index contributed by atoms with van der Waals surface area (Å²) in [6.45, 7) is 4.51. The molecule has 0 saturated heterocycles. The van der Waals surface area contributed by atoms with Crippen LogP contribution >= 0.6 is 23.2 Å². The van der Waals surface area contributed by atoms with Gasteiger partial charge >= 0.3 is 5.97 Å². The van der Waals surface area contributed by atoms with Crippen LogP contribution in [0.25, 0.3) is 0 Å². The zero-order valence-corrected chi connectivity index (χ0v) is 13.1. The van der Waals surface area contributed by atoms with E-state index in [1.807, 2.05) is 6.92 Å². The number of nitrogens with zero attached hydrogens (tertiary/aromatic N) is 2. The fourth-order valence-electron chi connectivity index (χ4n) is 1.95. The molecule has 0 fully saturated rings. The standard InChI is InChI=1S/C14H14Cl2N2O3/c1-3-18-11(13(16)8(2)17-18)7-21-12-6-9(15)4-5-10(12)14(19)20/h4-6H,3,7H2,1-2H3,(H,19,20). The molecule has 2 rings (SSSR count). The molecule has 0 aliphatic heterocycles. The zero-order valence-electron chi connectivity index (χ0n) is 11.6. The van der Waals surface area contributed by atoms with Crippen LogP contribution in [-0.4, -0.2) is 20.9 Å². The van der Waals surface area contributed by atoms with Crippen molar-refractivity contribution in [3.63, 3.8) is 0 Å². The van der Waals surface area contributed by atoms with Crippen molar-refractivity contribution in [3.8, 4) is 5.75 Å². The van der Waals surface area contributed by atoms with E-state index in [0.717, 1.165) is 0 Å². The highest BCUT2D eigenvalue weighted by atomic mass is 35.5. The molecule has 21 heavy (non-hydrogen) atoms. The van der Waals surface area contributed by atoms with Crippen LogP contribution in [0, 0.1) is 6.92 Å². The Morgan fingerprint density at radius 2 is 2.14 bits per heavy atom. The molecule has 0 saturated carbocycles. The van der Waals surface area contributed by atoms with Gasteiger partial charge in [0.1, 0.15) is 17.9 Å². The Kier molecular flexibility index (Phi) is 4.75. The molecule has 1 aromatic carbocycles. The predicted octanol–water partition coefficient (Wildman–Crippen LogP) is 3.80. The highest BCUT2D eigenvalue weighted by molar-refractivity contribution is 6.32. The maximum Gasteiger partial charge on any atom is 0.339 e. The van der Waals surface area contributed by atoms with Crippen molar-refractivity contribution in [1.82, 2.24) is 9.78 Å². The number of aromatic carboxylic acids is 1. The molecular formula is C14H14Cl2N2O3. The summed E-state index contributed by atoms with van der Waals surface area (Å²) in [7, 11) is 0. The van der Waals surface area contributed by atoms with E-state index in [-0.39, 0.29) is 17.9 Å². The first-order valence-electron chi connectivity index (χ1n) is 6.31. The Morgan fingerprint density at radius 1 is 1.43 bits per heavy atom. The van der Waals surface area contributed by atoms with E-state index in [1.165, 1.54) is 18.2 Å². The maximum atomic E-state index is 11.2. The lowest BCUT2D eigenvalue weighted by atomic mass is 10.2. The smallest absolute Gasteiger partial charge is 0.339 e. The van der Waals surface area contributed by atoms with E-state index >= 15 is 0 Å². The first kappa shape index (κ1) is 15.7. The first-order chi connectivity index (χ1) is 9.93. The molecule has 5 nitrogen and oxygen atoms in total. The van der Waals surface area contributed by atoms with E-state index in [4.69, 9.17) is 33.0 Å². The third-order valence-corrected chi connectivity index (χ3v) is 3.72. The molecule has 0 spiro atoms. The molecule has 112 valence electrons. The molecule has 0 aliphatic carbocycles. The predicted molar refractivity (Wildman–Crippen MR) is 80.4 cm³/mol. The van der Waals surface area contributed by atoms with Crippen LogP contribution < -0.4 is 4.74 Å². The van der Waals surface area contributed by atoms with Crippen LogP contribution in [-0.2, 0) is 13.2 Å². The van der Waals surface area contributed by atoms with Crippen LogP contribution in [0.5, 0.6) is 5.75 Å². The van der Waals surface area contributed by atoms with Gasteiger partial charge in [-0.05, 0) is 32.0 Å². The largest absolute Gasteiger partial charge is 0.486 e. The summed E-state index contributed by atoms with van der Waals surface area (Å²) in [6, 6.07) is 4.38. The fraction of sp³-hybridized carbons (Fsp3) is 0.286. The van der Waals surface area contributed by atoms with Crippen molar-refractivity contribution < 1.29 is 14.6 Å². The molecule has 1 N–H and O–H groups in total. The van der Waals surface area contributed by atoms with Crippen LogP contribution in [0.3, 0.4) is 0 Å². The van der Waals surface area contributed by atoms with E-state index in [0.29, 0.717) is 28.0 Å². The molecule has 1 aromatic heterocycles. The second-order valence-electron chi connectivity index (χ2n) is 4.40. The minimum Gasteiger partial charge on any atom is -0.486 e. The number of hydrogen-bond donors (Lipinski definition) is 1. The third kappa shape index (κ3) is 3.31. The Hall–Kier alpha value is -1.72. The SMILES string of the molecule is CCn1nc(C)c(Cl)c1COc1cc(Cl)ccc1C(=O)O. The van der Waals surface area contributed by atoms with E-state index < -0.39 is 5.97 Å². The van der Waals surface area contributed by atoms with Gasteiger partial charge in [-0.1, -0.05) is 23.2 Å². The number of benzene rings is 1. The second kappa shape index (κ2) is 6.37. The molecular weight excluding hydrogens is 315 g/mol. The van der Waals surface area contributed by atoms with Gasteiger partial charge in [-0.25, -0.2) is 4.79 Å². The van der Waals surface area contributed by atoms with Gasteiger partial charge in [0.2, 0.25) is 0 Å². The lowest BCUT2D eigenvalue weighted by molar-refractivity contribution is 0.0691. The summed E-state index contributed by atoms with van der Waals surface area (Å²) >= 11 is 12.1. The average Bonchev–Trinajstić information content (AvgIpc) is 2.71. The van der Waals surface area contributed by atoms with Crippen molar-refractivity contribution in [2.45, 2.75) is 27.0 Å². The van der Waals surface area contributed by atoms with Gasteiger partial charge < -0.3 is 9.84 Å². The summed E-state index contributed by atoms with van der Waals surface area (Å²) in [5, 5.41) is 14.4. The lowest BCUT2D eigenvalue weighted by Gasteiger charge is -2.11. The lowest BCUT2D eigenvalue weighted by Crippen LogP contribution is -2.08. The number of carboxylic acid groups (broad SMARTS) is 1. The molecule has 2 aromatic rings. The monoisotopic (exact) mass is 328 g/mol. The number of rotatable bonds is 5. The Labute approximate surface area is 132 Å². The van der Waals surface area contributed by atoms with Crippen molar-refractivity contribution in [2.24, 2.45) is 0 Å². The Balaban J connectivity index is 2.28. The summed E-state index contributed by atoms with van der Waals surface area (Å²) in [5.74, 6) is -0.875. The Bertz CT molecular complexity index is 683. The summed E-state index contributed by atoms with van der Waals surface area (Å²) in [5.41, 5.74) is 1.46. The third-order valence-electron chi connectivity index (χ3n) is 2.99. The molecule has 0 bridgehead atoms. The summed E-state index contributed by atoms with van der Waals surface area (Å²) < 4.78 is 7.32. The normalized spacial score (nSPS) is 10.7. The van der Waals surface area contributed by atoms with Gasteiger partial charge in [0.15, 0.2) is 0 Å². The number of hydrogen-bond acceptors (Lipinski definition) is 3. The van der Waals surface area contributed by atoms with Gasteiger partial charge in [-0.2, -0.15) is 5.10 Å². The van der Waals surface area contributed by atoms with Gasteiger partial charge in [-0.15, -0.1) is 0 Å². The van der Waals surface area contributed by atoms with Gasteiger partial charge in [0, 0.05) is 11.6 Å².